The van der Waals surface area contributed by atoms with Crippen molar-refractivity contribution in [3.8, 4) is 0 Å². The first-order valence-electron chi connectivity index (χ1n) is 6.03. The number of carboxylic acid groups (broad SMARTS) is 1. The number of carbonyl (C=O) groups is 2. The Morgan fingerprint density at radius 1 is 1.47 bits per heavy atom. The second kappa shape index (κ2) is 6.00. The average molecular weight is 243 g/mol. The molecule has 0 saturated heterocycles. The molecule has 1 amide bonds. The molecule has 1 aliphatic rings. The number of amides is 1. The minimum Gasteiger partial charge on any atom is -0.481 e. The molecule has 1 atom stereocenters. The van der Waals surface area contributed by atoms with Crippen molar-refractivity contribution in [2.75, 3.05) is 7.11 Å². The first-order chi connectivity index (χ1) is 7.97. The van der Waals surface area contributed by atoms with Crippen molar-refractivity contribution in [1.82, 2.24) is 5.32 Å². The Balaban J connectivity index is 2.35. The van der Waals surface area contributed by atoms with Gasteiger partial charge in [-0.2, -0.15) is 0 Å². The van der Waals surface area contributed by atoms with Crippen LogP contribution in [0.5, 0.6) is 0 Å². The number of nitrogens with one attached hydrogen (secondary N) is 1. The predicted molar refractivity (Wildman–Crippen MR) is 62.7 cm³/mol. The number of aliphatic carboxylic acids is 1. The third-order valence-corrected chi connectivity index (χ3v) is 3.39. The van der Waals surface area contributed by atoms with Gasteiger partial charge in [0.1, 0.15) is 0 Å². The summed E-state index contributed by atoms with van der Waals surface area (Å²) < 4.78 is 5.06. The molecule has 1 fully saturated rings. The van der Waals surface area contributed by atoms with Crippen LogP contribution in [0.1, 0.15) is 45.4 Å². The Hall–Kier alpha value is -1.10. The van der Waals surface area contributed by atoms with E-state index in [9.17, 15) is 9.59 Å². The van der Waals surface area contributed by atoms with Gasteiger partial charge in [-0.05, 0) is 32.6 Å². The summed E-state index contributed by atoms with van der Waals surface area (Å²) >= 11 is 0. The van der Waals surface area contributed by atoms with E-state index in [1.165, 1.54) is 0 Å². The summed E-state index contributed by atoms with van der Waals surface area (Å²) in [5.41, 5.74) is -0.487. The topological polar surface area (TPSA) is 75.6 Å². The Kier molecular flexibility index (Phi) is 4.93. The first kappa shape index (κ1) is 14.0. The van der Waals surface area contributed by atoms with Crippen LogP contribution in [-0.4, -0.2) is 35.7 Å². The highest BCUT2D eigenvalue weighted by molar-refractivity contribution is 5.78. The molecule has 1 saturated carbocycles. The molecule has 1 rings (SSSR count). The summed E-state index contributed by atoms with van der Waals surface area (Å²) in [7, 11) is 1.61. The van der Waals surface area contributed by atoms with Gasteiger partial charge in [-0.15, -0.1) is 0 Å². The van der Waals surface area contributed by atoms with E-state index in [2.05, 4.69) is 5.32 Å². The van der Waals surface area contributed by atoms with Crippen molar-refractivity contribution >= 4 is 11.9 Å². The van der Waals surface area contributed by atoms with Crippen LogP contribution in [0, 0.1) is 0 Å². The molecule has 0 aromatic heterocycles. The standard InChI is InChI=1S/C12H21NO4/c1-9(17-2)4-5-10(14)13-12(6-3-7-12)8-11(15)16/h9H,3-8H2,1-2H3,(H,13,14)(H,15,16). The normalized spacial score (nSPS) is 19.2. The van der Waals surface area contributed by atoms with E-state index < -0.39 is 11.5 Å². The molecule has 2 N–H and O–H groups in total. The zero-order chi connectivity index (χ0) is 12.9. The van der Waals surface area contributed by atoms with Crippen molar-refractivity contribution in [2.45, 2.75) is 57.1 Å². The molecule has 1 unspecified atom stereocenters. The van der Waals surface area contributed by atoms with Crippen LogP contribution in [0.25, 0.3) is 0 Å². The van der Waals surface area contributed by atoms with Gasteiger partial charge in [0, 0.05) is 13.5 Å². The van der Waals surface area contributed by atoms with Gasteiger partial charge in [-0.1, -0.05) is 0 Å². The molecule has 5 heteroatoms. The Bertz CT molecular complexity index is 286. The molecule has 17 heavy (non-hydrogen) atoms. The van der Waals surface area contributed by atoms with Gasteiger partial charge in [-0.25, -0.2) is 0 Å². The molecule has 98 valence electrons. The molecule has 0 heterocycles. The average Bonchev–Trinajstić information content (AvgIpc) is 2.22. The summed E-state index contributed by atoms with van der Waals surface area (Å²) in [6, 6.07) is 0. The zero-order valence-corrected chi connectivity index (χ0v) is 10.5. The lowest BCUT2D eigenvalue weighted by Gasteiger charge is -2.41. The number of hydrogen-bond donors (Lipinski definition) is 2. The van der Waals surface area contributed by atoms with E-state index in [4.69, 9.17) is 9.84 Å². The minimum atomic E-state index is -0.852. The molecule has 0 aromatic rings. The smallest absolute Gasteiger partial charge is 0.305 e. The van der Waals surface area contributed by atoms with Crippen LogP contribution in [0.3, 0.4) is 0 Å². The fraction of sp³-hybridized carbons (Fsp3) is 0.833. The van der Waals surface area contributed by atoms with Crippen molar-refractivity contribution < 1.29 is 19.4 Å². The largest absolute Gasteiger partial charge is 0.481 e. The lowest BCUT2D eigenvalue weighted by atomic mass is 9.74. The maximum atomic E-state index is 11.7. The number of methoxy groups -OCH3 is 1. The Morgan fingerprint density at radius 2 is 2.12 bits per heavy atom. The molecule has 0 radical (unpaired) electrons. The van der Waals surface area contributed by atoms with E-state index in [-0.39, 0.29) is 18.4 Å². The first-order valence-corrected chi connectivity index (χ1v) is 6.03. The summed E-state index contributed by atoms with van der Waals surface area (Å²) in [6.07, 6.45) is 3.65. The van der Waals surface area contributed by atoms with Gasteiger partial charge in [0.2, 0.25) is 5.91 Å². The van der Waals surface area contributed by atoms with Gasteiger partial charge < -0.3 is 15.2 Å². The highest BCUT2D eigenvalue weighted by Gasteiger charge is 2.40. The van der Waals surface area contributed by atoms with Crippen molar-refractivity contribution in [2.24, 2.45) is 0 Å². The SMILES string of the molecule is COC(C)CCC(=O)NC1(CC(=O)O)CCC1. The summed E-state index contributed by atoms with van der Waals surface area (Å²) in [6.45, 7) is 1.91. The second-order valence-corrected chi connectivity index (χ2v) is 4.84. The third-order valence-electron chi connectivity index (χ3n) is 3.39. The fourth-order valence-corrected chi connectivity index (χ4v) is 2.05. The van der Waals surface area contributed by atoms with Crippen LogP contribution in [0.15, 0.2) is 0 Å². The van der Waals surface area contributed by atoms with E-state index in [1.807, 2.05) is 6.92 Å². The summed E-state index contributed by atoms with van der Waals surface area (Å²) in [5.74, 6) is -0.926. The predicted octanol–water partition coefficient (Wildman–Crippen LogP) is 1.32. The molecule has 0 spiro atoms. The van der Waals surface area contributed by atoms with E-state index >= 15 is 0 Å². The zero-order valence-electron chi connectivity index (χ0n) is 10.5. The highest BCUT2D eigenvalue weighted by Crippen LogP contribution is 2.35. The maximum absolute atomic E-state index is 11.7. The molecule has 0 aliphatic heterocycles. The second-order valence-electron chi connectivity index (χ2n) is 4.84. The monoisotopic (exact) mass is 243 g/mol. The highest BCUT2D eigenvalue weighted by atomic mass is 16.5. The van der Waals surface area contributed by atoms with E-state index in [0.29, 0.717) is 12.8 Å². The van der Waals surface area contributed by atoms with Crippen LogP contribution in [0.2, 0.25) is 0 Å². The van der Waals surface area contributed by atoms with Crippen molar-refractivity contribution in [3.05, 3.63) is 0 Å². The summed E-state index contributed by atoms with van der Waals surface area (Å²) in [5, 5.41) is 11.7. The van der Waals surface area contributed by atoms with Crippen LogP contribution >= 0.6 is 0 Å². The number of carbonyl (C=O) groups excluding carboxylic acids is 1. The van der Waals surface area contributed by atoms with Gasteiger partial charge in [0.25, 0.3) is 0 Å². The number of ether oxygens (including phenoxy) is 1. The number of rotatable bonds is 7. The van der Waals surface area contributed by atoms with Crippen LogP contribution in [-0.2, 0) is 14.3 Å². The van der Waals surface area contributed by atoms with Crippen molar-refractivity contribution in [3.63, 3.8) is 0 Å². The molecule has 5 nitrogen and oxygen atoms in total. The lowest BCUT2D eigenvalue weighted by Crippen LogP contribution is -2.54. The van der Waals surface area contributed by atoms with Crippen molar-refractivity contribution in [1.29, 1.82) is 0 Å². The molecule has 0 bridgehead atoms. The van der Waals surface area contributed by atoms with Gasteiger partial charge in [-0.3, -0.25) is 9.59 Å². The molecular formula is C12H21NO4. The lowest BCUT2D eigenvalue weighted by molar-refractivity contribution is -0.140. The fourth-order valence-electron chi connectivity index (χ4n) is 2.05. The van der Waals surface area contributed by atoms with E-state index in [0.717, 1.165) is 19.3 Å². The maximum Gasteiger partial charge on any atom is 0.305 e. The molecule has 1 aliphatic carbocycles. The third kappa shape index (κ3) is 4.34. The number of hydrogen-bond acceptors (Lipinski definition) is 3. The van der Waals surface area contributed by atoms with Gasteiger partial charge in [0.15, 0.2) is 0 Å². The Labute approximate surface area is 102 Å². The minimum absolute atomic E-state index is 0.0264. The van der Waals surface area contributed by atoms with Crippen LogP contribution < -0.4 is 5.32 Å². The molecule has 0 aromatic carbocycles. The van der Waals surface area contributed by atoms with E-state index in [1.54, 1.807) is 7.11 Å². The van der Waals surface area contributed by atoms with Gasteiger partial charge in [0.05, 0.1) is 18.1 Å². The molecular weight excluding hydrogens is 222 g/mol. The number of carboxylic acids is 1. The summed E-state index contributed by atoms with van der Waals surface area (Å²) in [4.78, 5) is 22.4. The van der Waals surface area contributed by atoms with Crippen LogP contribution in [0.4, 0.5) is 0 Å². The Morgan fingerprint density at radius 3 is 2.53 bits per heavy atom. The van der Waals surface area contributed by atoms with Gasteiger partial charge >= 0.3 is 5.97 Å². The quantitative estimate of drug-likeness (QED) is 0.707.